The smallest absolute Gasteiger partial charge is 0.261 e. The maximum Gasteiger partial charge on any atom is 0.261 e. The van der Waals surface area contributed by atoms with Crippen LogP contribution in [0.2, 0.25) is 0 Å². The van der Waals surface area contributed by atoms with E-state index in [9.17, 15) is 9.59 Å². The fourth-order valence-electron chi connectivity index (χ4n) is 2.88. The summed E-state index contributed by atoms with van der Waals surface area (Å²) in [4.78, 5) is 27.3. The van der Waals surface area contributed by atoms with Crippen molar-refractivity contribution < 1.29 is 19.1 Å². The Morgan fingerprint density at radius 2 is 1.77 bits per heavy atom. The molecule has 2 aromatic rings. The van der Waals surface area contributed by atoms with Gasteiger partial charge in [-0.05, 0) is 57.0 Å². The summed E-state index contributed by atoms with van der Waals surface area (Å²) in [6.45, 7) is 7.81. The van der Waals surface area contributed by atoms with Crippen molar-refractivity contribution in [3.63, 3.8) is 0 Å². The first-order valence-corrected chi connectivity index (χ1v) is 10.3. The quantitative estimate of drug-likeness (QED) is 0.646. The van der Waals surface area contributed by atoms with E-state index in [4.69, 9.17) is 9.47 Å². The summed E-state index contributed by atoms with van der Waals surface area (Å²) in [5.41, 5.74) is 1.99. The summed E-state index contributed by atoms with van der Waals surface area (Å²) in [6, 6.07) is 14.4. The van der Waals surface area contributed by atoms with Gasteiger partial charge in [-0.15, -0.1) is 0 Å². The molecule has 30 heavy (non-hydrogen) atoms. The second-order valence-electron chi connectivity index (χ2n) is 7.47. The normalized spacial score (nSPS) is 12.6. The molecule has 0 aliphatic carbocycles. The average molecular weight is 413 g/mol. The molecule has 0 radical (unpaired) electrons. The second kappa shape index (κ2) is 11.2. The Hall–Kier alpha value is -3.02. The average Bonchev–Trinajstić information content (AvgIpc) is 2.76. The van der Waals surface area contributed by atoms with E-state index in [1.807, 2.05) is 69.3 Å². The van der Waals surface area contributed by atoms with Crippen molar-refractivity contribution in [3.05, 3.63) is 59.7 Å². The summed E-state index contributed by atoms with van der Waals surface area (Å²) in [6.07, 6.45) is 0.818. The Morgan fingerprint density at radius 1 is 1.07 bits per heavy atom. The molecular formula is C24H32N2O4. The lowest BCUT2D eigenvalue weighted by molar-refractivity contribution is -0.142. The molecule has 6 heteroatoms. The van der Waals surface area contributed by atoms with E-state index in [1.54, 1.807) is 18.9 Å². The maximum atomic E-state index is 13.0. The van der Waals surface area contributed by atoms with E-state index in [-0.39, 0.29) is 31.0 Å². The Balaban J connectivity index is 2.16. The highest BCUT2D eigenvalue weighted by molar-refractivity contribution is 5.88. The molecule has 0 fully saturated rings. The molecule has 0 saturated carbocycles. The van der Waals surface area contributed by atoms with Gasteiger partial charge >= 0.3 is 0 Å². The van der Waals surface area contributed by atoms with Gasteiger partial charge in [0.2, 0.25) is 5.91 Å². The minimum atomic E-state index is -0.640. The molecule has 2 amide bonds. The van der Waals surface area contributed by atoms with Crippen LogP contribution < -0.4 is 14.8 Å². The number of nitrogens with zero attached hydrogens (tertiary/aromatic N) is 1. The lowest BCUT2D eigenvalue weighted by atomic mass is 10.1. The van der Waals surface area contributed by atoms with Crippen molar-refractivity contribution in [2.75, 3.05) is 13.7 Å². The predicted molar refractivity (Wildman–Crippen MR) is 118 cm³/mol. The number of benzene rings is 2. The van der Waals surface area contributed by atoms with Gasteiger partial charge in [-0.3, -0.25) is 9.59 Å². The lowest BCUT2D eigenvalue weighted by Crippen LogP contribution is -2.50. The third-order valence-electron chi connectivity index (χ3n) is 5.04. The molecule has 0 aliphatic rings. The Bertz CT molecular complexity index is 835. The summed E-state index contributed by atoms with van der Waals surface area (Å²) >= 11 is 0. The number of carbonyl (C=O) groups is 2. The third kappa shape index (κ3) is 6.79. The van der Waals surface area contributed by atoms with E-state index < -0.39 is 6.04 Å². The zero-order chi connectivity index (χ0) is 22.1. The molecule has 0 bridgehead atoms. The molecule has 0 aliphatic heterocycles. The van der Waals surface area contributed by atoms with Crippen LogP contribution in [-0.2, 0) is 16.1 Å². The van der Waals surface area contributed by atoms with Crippen molar-refractivity contribution in [2.45, 2.75) is 52.7 Å². The van der Waals surface area contributed by atoms with E-state index in [1.165, 1.54) is 0 Å². The topological polar surface area (TPSA) is 67.9 Å². The van der Waals surface area contributed by atoms with Crippen LogP contribution >= 0.6 is 0 Å². The van der Waals surface area contributed by atoms with Crippen molar-refractivity contribution in [3.8, 4) is 11.5 Å². The number of carbonyl (C=O) groups excluding carboxylic acids is 2. The van der Waals surface area contributed by atoms with E-state index >= 15 is 0 Å². The standard InChI is InChI=1S/C24H32N2O4/c1-6-18(3)25-24(28)19(4)26(15-20-8-7-9-22(14-20)29-5)23(27)16-30-21-12-10-17(2)11-13-21/h7-14,18-19H,6,15-16H2,1-5H3,(H,25,28)/t18-,19-/m0/s1. The van der Waals surface area contributed by atoms with Gasteiger partial charge in [0.05, 0.1) is 7.11 Å². The van der Waals surface area contributed by atoms with Crippen molar-refractivity contribution >= 4 is 11.8 Å². The summed E-state index contributed by atoms with van der Waals surface area (Å²) < 4.78 is 11.0. The number of rotatable bonds is 10. The van der Waals surface area contributed by atoms with Gasteiger partial charge in [0, 0.05) is 12.6 Å². The summed E-state index contributed by atoms with van der Waals surface area (Å²) in [5.74, 6) is 0.876. The Morgan fingerprint density at radius 3 is 2.40 bits per heavy atom. The van der Waals surface area contributed by atoms with E-state index in [0.717, 1.165) is 17.5 Å². The minimum absolute atomic E-state index is 0.0394. The summed E-state index contributed by atoms with van der Waals surface area (Å²) in [5, 5.41) is 2.95. The highest BCUT2D eigenvalue weighted by Gasteiger charge is 2.27. The first kappa shape index (κ1) is 23.3. The number of methoxy groups -OCH3 is 1. The number of ether oxygens (including phenoxy) is 2. The molecule has 2 aromatic carbocycles. The van der Waals surface area contributed by atoms with Gasteiger partial charge in [0.25, 0.3) is 5.91 Å². The molecular weight excluding hydrogens is 380 g/mol. The molecule has 2 rings (SSSR count). The zero-order valence-corrected chi connectivity index (χ0v) is 18.5. The largest absolute Gasteiger partial charge is 0.497 e. The first-order chi connectivity index (χ1) is 14.3. The van der Waals surface area contributed by atoms with Gasteiger partial charge in [0.15, 0.2) is 6.61 Å². The molecule has 2 atom stereocenters. The van der Waals surface area contributed by atoms with Gasteiger partial charge in [-0.25, -0.2) is 0 Å². The third-order valence-corrected chi connectivity index (χ3v) is 5.04. The van der Waals surface area contributed by atoms with Crippen LogP contribution in [-0.4, -0.2) is 42.5 Å². The zero-order valence-electron chi connectivity index (χ0n) is 18.5. The molecule has 162 valence electrons. The van der Waals surface area contributed by atoms with Crippen LogP contribution in [0.5, 0.6) is 11.5 Å². The fourth-order valence-corrected chi connectivity index (χ4v) is 2.88. The monoisotopic (exact) mass is 412 g/mol. The van der Waals surface area contributed by atoms with Crippen molar-refractivity contribution in [1.29, 1.82) is 0 Å². The highest BCUT2D eigenvalue weighted by atomic mass is 16.5. The fraction of sp³-hybridized carbons (Fsp3) is 0.417. The van der Waals surface area contributed by atoms with Crippen LogP contribution in [0.1, 0.15) is 38.3 Å². The van der Waals surface area contributed by atoms with Crippen LogP contribution in [0, 0.1) is 6.92 Å². The van der Waals surface area contributed by atoms with Crippen molar-refractivity contribution in [2.24, 2.45) is 0 Å². The molecule has 0 spiro atoms. The molecule has 0 heterocycles. The molecule has 0 unspecified atom stereocenters. The van der Waals surface area contributed by atoms with Gasteiger partial charge in [0.1, 0.15) is 17.5 Å². The number of hydrogen-bond acceptors (Lipinski definition) is 4. The molecule has 1 N–H and O–H groups in total. The van der Waals surface area contributed by atoms with Gasteiger partial charge in [-0.2, -0.15) is 0 Å². The maximum absolute atomic E-state index is 13.0. The Labute approximate surface area is 179 Å². The molecule has 6 nitrogen and oxygen atoms in total. The minimum Gasteiger partial charge on any atom is -0.497 e. The van der Waals surface area contributed by atoms with E-state index in [2.05, 4.69) is 5.32 Å². The first-order valence-electron chi connectivity index (χ1n) is 10.3. The van der Waals surface area contributed by atoms with Gasteiger partial charge in [-0.1, -0.05) is 36.8 Å². The van der Waals surface area contributed by atoms with Crippen LogP contribution in [0.4, 0.5) is 0 Å². The number of hydrogen-bond donors (Lipinski definition) is 1. The second-order valence-corrected chi connectivity index (χ2v) is 7.47. The number of nitrogens with one attached hydrogen (secondary N) is 1. The van der Waals surface area contributed by atoms with Crippen LogP contribution in [0.15, 0.2) is 48.5 Å². The molecule has 0 saturated heterocycles. The summed E-state index contributed by atoms with van der Waals surface area (Å²) in [7, 11) is 1.60. The number of aryl methyl sites for hydroxylation is 1. The predicted octanol–water partition coefficient (Wildman–Crippen LogP) is 3.71. The van der Waals surface area contributed by atoms with Crippen LogP contribution in [0.25, 0.3) is 0 Å². The lowest BCUT2D eigenvalue weighted by Gasteiger charge is -2.29. The molecule has 0 aromatic heterocycles. The van der Waals surface area contributed by atoms with Crippen LogP contribution in [0.3, 0.4) is 0 Å². The van der Waals surface area contributed by atoms with E-state index in [0.29, 0.717) is 11.5 Å². The highest BCUT2D eigenvalue weighted by Crippen LogP contribution is 2.17. The number of amides is 2. The SMILES string of the molecule is CC[C@H](C)NC(=O)[C@H](C)N(Cc1cccc(OC)c1)C(=O)COc1ccc(C)cc1. The Kier molecular flexibility index (Phi) is 8.71. The van der Waals surface area contributed by atoms with Crippen molar-refractivity contribution in [1.82, 2.24) is 10.2 Å². The van der Waals surface area contributed by atoms with Gasteiger partial charge < -0.3 is 19.7 Å².